The van der Waals surface area contributed by atoms with E-state index >= 15 is 0 Å². The first-order chi connectivity index (χ1) is 12.2. The van der Waals surface area contributed by atoms with Gasteiger partial charge in [0.15, 0.2) is 5.82 Å². The van der Waals surface area contributed by atoms with E-state index in [2.05, 4.69) is 25.5 Å². The number of carbonyl (C=O) groups excluding carboxylic acids is 1. The first kappa shape index (κ1) is 15.5. The summed E-state index contributed by atoms with van der Waals surface area (Å²) in [5, 5.41) is 15.0. The molecule has 3 heterocycles. The molecule has 0 bridgehead atoms. The van der Waals surface area contributed by atoms with Gasteiger partial charge in [0.2, 0.25) is 0 Å². The van der Waals surface area contributed by atoms with Gasteiger partial charge in [-0.1, -0.05) is 19.1 Å². The molecule has 1 aliphatic rings. The van der Waals surface area contributed by atoms with Crippen LogP contribution < -0.4 is 0 Å². The van der Waals surface area contributed by atoms with E-state index in [0.29, 0.717) is 29.9 Å². The highest BCUT2D eigenvalue weighted by atomic mass is 16.6. The van der Waals surface area contributed by atoms with Crippen LogP contribution >= 0.6 is 0 Å². The molecule has 25 heavy (non-hydrogen) atoms. The number of H-pyrrole nitrogens is 1. The number of fused-ring (bicyclic) bond motifs is 2. The monoisotopic (exact) mass is 339 g/mol. The van der Waals surface area contributed by atoms with Gasteiger partial charge in [-0.25, -0.2) is 9.62 Å². The quantitative estimate of drug-likeness (QED) is 0.733. The molecule has 2 aromatic heterocycles. The fourth-order valence-electron chi connectivity index (χ4n) is 3.42. The lowest BCUT2D eigenvalue weighted by atomic mass is 9.76. The molecule has 4 rings (SSSR count). The van der Waals surface area contributed by atoms with Crippen molar-refractivity contribution in [3.8, 4) is 0 Å². The Kier molecular flexibility index (Phi) is 3.79. The Balaban J connectivity index is 1.94. The van der Waals surface area contributed by atoms with Gasteiger partial charge in [-0.15, -0.1) is 0 Å². The van der Waals surface area contributed by atoms with Crippen molar-refractivity contribution in [3.63, 3.8) is 0 Å². The van der Waals surface area contributed by atoms with Gasteiger partial charge < -0.3 is 4.74 Å². The maximum Gasteiger partial charge on any atom is 0.315 e. The van der Waals surface area contributed by atoms with Crippen LogP contribution in [0.2, 0.25) is 0 Å². The summed E-state index contributed by atoms with van der Waals surface area (Å²) in [6.07, 6.45) is 2.33. The van der Waals surface area contributed by atoms with Crippen LogP contribution in [0.25, 0.3) is 11.0 Å². The maximum absolute atomic E-state index is 12.8. The van der Waals surface area contributed by atoms with E-state index in [1.54, 1.807) is 13.1 Å². The molecule has 0 aliphatic carbocycles. The second-order valence-corrected chi connectivity index (χ2v) is 5.82. The molecule has 1 N–H and O–H groups in total. The highest BCUT2D eigenvalue weighted by Crippen LogP contribution is 2.44. The van der Waals surface area contributed by atoms with E-state index in [1.165, 1.54) is 0 Å². The average molecular weight is 339 g/mol. The topological polar surface area (TPSA) is 106 Å². The fourth-order valence-corrected chi connectivity index (χ4v) is 3.42. The first-order valence-electron chi connectivity index (χ1n) is 8.23. The molecule has 0 amide bonds. The number of hydrogen-bond acceptors (Lipinski definition) is 7. The summed E-state index contributed by atoms with van der Waals surface area (Å²) >= 11 is 0. The first-order valence-corrected chi connectivity index (χ1v) is 8.23. The SMILES string of the molecule is CCOC(=O)C1C(CC)=Nc2[nH]ncc2C1c1cccc2nonc12. The van der Waals surface area contributed by atoms with Crippen molar-refractivity contribution < 1.29 is 14.2 Å². The lowest BCUT2D eigenvalue weighted by Gasteiger charge is -2.29. The van der Waals surface area contributed by atoms with E-state index in [-0.39, 0.29) is 11.9 Å². The van der Waals surface area contributed by atoms with Gasteiger partial charge in [0.05, 0.1) is 12.8 Å². The summed E-state index contributed by atoms with van der Waals surface area (Å²) < 4.78 is 10.2. The van der Waals surface area contributed by atoms with Crippen molar-refractivity contribution in [1.29, 1.82) is 0 Å². The Hall–Kier alpha value is -3.03. The summed E-state index contributed by atoms with van der Waals surface area (Å²) in [5.41, 5.74) is 3.72. The highest BCUT2D eigenvalue weighted by molar-refractivity contribution is 6.06. The number of carbonyl (C=O) groups is 1. The smallest absolute Gasteiger partial charge is 0.315 e. The van der Waals surface area contributed by atoms with Gasteiger partial charge in [0.25, 0.3) is 0 Å². The zero-order valence-corrected chi connectivity index (χ0v) is 13.9. The number of aromatic amines is 1. The van der Waals surface area contributed by atoms with Gasteiger partial charge in [-0.3, -0.25) is 9.89 Å². The molecule has 0 spiro atoms. The number of esters is 1. The summed E-state index contributed by atoms with van der Waals surface area (Å²) in [6.45, 7) is 4.08. The second-order valence-electron chi connectivity index (χ2n) is 5.82. The van der Waals surface area contributed by atoms with E-state index in [0.717, 1.165) is 16.8 Å². The minimum atomic E-state index is -0.530. The van der Waals surface area contributed by atoms with Gasteiger partial charge >= 0.3 is 5.97 Å². The summed E-state index contributed by atoms with van der Waals surface area (Å²) in [5.74, 6) is -0.475. The molecule has 0 radical (unpaired) electrons. The molecule has 3 aromatic rings. The normalized spacial score (nSPS) is 19.5. The molecule has 0 saturated heterocycles. The maximum atomic E-state index is 12.8. The zero-order valence-electron chi connectivity index (χ0n) is 13.9. The van der Waals surface area contributed by atoms with E-state index in [4.69, 9.17) is 9.37 Å². The van der Waals surface area contributed by atoms with Crippen LogP contribution in [-0.4, -0.2) is 38.8 Å². The second kappa shape index (κ2) is 6.12. The Morgan fingerprint density at radius 2 is 2.16 bits per heavy atom. The lowest BCUT2D eigenvalue weighted by Crippen LogP contribution is -2.34. The van der Waals surface area contributed by atoms with Crippen molar-refractivity contribution in [3.05, 3.63) is 35.5 Å². The third-order valence-corrected chi connectivity index (χ3v) is 4.49. The van der Waals surface area contributed by atoms with Crippen LogP contribution in [0, 0.1) is 5.92 Å². The van der Waals surface area contributed by atoms with Crippen LogP contribution in [-0.2, 0) is 9.53 Å². The zero-order chi connectivity index (χ0) is 17.4. The number of nitrogens with zero attached hydrogens (tertiary/aromatic N) is 4. The summed E-state index contributed by atoms with van der Waals surface area (Å²) in [7, 11) is 0. The van der Waals surface area contributed by atoms with Crippen molar-refractivity contribution in [2.24, 2.45) is 10.9 Å². The molecule has 2 atom stereocenters. The average Bonchev–Trinajstić information content (AvgIpc) is 3.28. The standard InChI is InChI=1S/C17H17N5O3/c1-3-11-14(17(23)24-4-2)13(10-8-18-20-16(10)19-11)9-6-5-7-12-15(9)22-25-21-12/h5-8,13-14H,3-4H2,1-2H3,(H,18,20). The van der Waals surface area contributed by atoms with Gasteiger partial charge in [-0.05, 0) is 35.3 Å². The molecule has 8 nitrogen and oxygen atoms in total. The van der Waals surface area contributed by atoms with Crippen LogP contribution in [0.15, 0.2) is 34.0 Å². The Bertz CT molecular complexity index is 958. The Labute approximate surface area is 143 Å². The highest BCUT2D eigenvalue weighted by Gasteiger charge is 2.41. The summed E-state index contributed by atoms with van der Waals surface area (Å²) in [6, 6.07) is 5.63. The molecular formula is C17H17N5O3. The predicted octanol–water partition coefficient (Wildman–Crippen LogP) is 2.75. The van der Waals surface area contributed by atoms with Crippen molar-refractivity contribution in [2.45, 2.75) is 26.2 Å². The number of nitrogens with one attached hydrogen (secondary N) is 1. The van der Waals surface area contributed by atoms with E-state index < -0.39 is 5.92 Å². The minimum Gasteiger partial charge on any atom is -0.465 e. The minimum absolute atomic E-state index is 0.298. The molecular weight excluding hydrogens is 322 g/mol. The number of benzene rings is 1. The molecule has 128 valence electrons. The molecule has 0 fully saturated rings. The Morgan fingerprint density at radius 3 is 2.96 bits per heavy atom. The predicted molar refractivity (Wildman–Crippen MR) is 89.7 cm³/mol. The molecule has 0 saturated carbocycles. The Morgan fingerprint density at radius 1 is 1.28 bits per heavy atom. The van der Waals surface area contributed by atoms with Gasteiger partial charge in [0.1, 0.15) is 17.0 Å². The fraction of sp³-hybridized carbons (Fsp3) is 0.353. The van der Waals surface area contributed by atoms with Crippen molar-refractivity contribution >= 4 is 28.5 Å². The number of aromatic nitrogens is 4. The number of ether oxygens (including phenoxy) is 1. The van der Waals surface area contributed by atoms with Crippen molar-refractivity contribution in [2.75, 3.05) is 6.61 Å². The van der Waals surface area contributed by atoms with Gasteiger partial charge in [0, 0.05) is 17.2 Å². The van der Waals surface area contributed by atoms with E-state index in [9.17, 15) is 4.79 Å². The van der Waals surface area contributed by atoms with Gasteiger partial charge in [-0.2, -0.15) is 5.10 Å². The molecule has 8 heteroatoms. The lowest BCUT2D eigenvalue weighted by molar-refractivity contribution is -0.146. The van der Waals surface area contributed by atoms with Crippen LogP contribution in [0.1, 0.15) is 37.3 Å². The number of aliphatic imine (C=N–C) groups is 1. The number of hydrogen-bond donors (Lipinski definition) is 1. The molecule has 1 aromatic carbocycles. The number of rotatable bonds is 4. The third kappa shape index (κ3) is 2.41. The van der Waals surface area contributed by atoms with Crippen LogP contribution in [0.3, 0.4) is 0 Å². The largest absolute Gasteiger partial charge is 0.465 e. The van der Waals surface area contributed by atoms with Crippen LogP contribution in [0.5, 0.6) is 0 Å². The molecule has 2 unspecified atom stereocenters. The van der Waals surface area contributed by atoms with E-state index in [1.807, 2.05) is 25.1 Å². The third-order valence-electron chi connectivity index (χ3n) is 4.49. The van der Waals surface area contributed by atoms with Crippen molar-refractivity contribution in [1.82, 2.24) is 20.5 Å². The van der Waals surface area contributed by atoms with Crippen LogP contribution in [0.4, 0.5) is 5.82 Å². The summed E-state index contributed by atoms with van der Waals surface area (Å²) in [4.78, 5) is 17.4. The molecule has 1 aliphatic heterocycles.